The van der Waals surface area contributed by atoms with Gasteiger partial charge in [-0.05, 0) is 53.6 Å². The quantitative estimate of drug-likeness (QED) is 0.642. The van der Waals surface area contributed by atoms with E-state index in [0.717, 1.165) is 16.0 Å². The van der Waals surface area contributed by atoms with Crippen molar-refractivity contribution in [1.29, 1.82) is 0 Å². The van der Waals surface area contributed by atoms with E-state index in [2.05, 4.69) is 0 Å². The average Bonchev–Trinajstić information content (AvgIpc) is 3.05. The molecule has 0 spiro atoms. The summed E-state index contributed by atoms with van der Waals surface area (Å²) in [5.41, 5.74) is 7.56. The molecule has 3 aromatic rings. The summed E-state index contributed by atoms with van der Waals surface area (Å²) in [4.78, 5) is 25.6. The highest BCUT2D eigenvalue weighted by Gasteiger charge is 2.18. The van der Waals surface area contributed by atoms with Gasteiger partial charge in [-0.3, -0.25) is 9.59 Å². The Bertz CT molecular complexity index is 946. The number of methoxy groups -OCH3 is 1. The highest BCUT2D eigenvalue weighted by molar-refractivity contribution is 7.17. The van der Waals surface area contributed by atoms with Crippen molar-refractivity contribution < 1.29 is 14.3 Å². The summed E-state index contributed by atoms with van der Waals surface area (Å²) in [7, 11) is 1.57. The molecule has 3 rings (SSSR count). The molecule has 0 aliphatic carbocycles. The molecular formula is C20H16ClNO3S. The van der Waals surface area contributed by atoms with E-state index in [1.54, 1.807) is 49.6 Å². The van der Waals surface area contributed by atoms with Crippen LogP contribution >= 0.6 is 22.9 Å². The SMILES string of the molecule is COc1ccc(C(=O)c2cc(CC(N)=O)c(-c3ccc(Cl)cc3)s2)cc1. The molecule has 0 fully saturated rings. The first-order valence-electron chi connectivity index (χ1n) is 7.83. The summed E-state index contributed by atoms with van der Waals surface area (Å²) in [5.74, 6) is 0.133. The third-order valence-electron chi connectivity index (χ3n) is 3.86. The molecular weight excluding hydrogens is 370 g/mol. The molecule has 0 radical (unpaired) electrons. The molecule has 2 aromatic carbocycles. The Kier molecular flexibility index (Phi) is 5.40. The van der Waals surface area contributed by atoms with Gasteiger partial charge in [0.1, 0.15) is 5.75 Å². The molecule has 0 aliphatic rings. The zero-order valence-electron chi connectivity index (χ0n) is 14.0. The lowest BCUT2D eigenvalue weighted by molar-refractivity contribution is -0.117. The maximum atomic E-state index is 12.8. The van der Waals surface area contributed by atoms with Crippen LogP contribution in [0.25, 0.3) is 10.4 Å². The molecule has 132 valence electrons. The van der Waals surface area contributed by atoms with E-state index in [-0.39, 0.29) is 12.2 Å². The van der Waals surface area contributed by atoms with E-state index in [1.165, 1.54) is 11.3 Å². The van der Waals surface area contributed by atoms with Gasteiger partial charge >= 0.3 is 0 Å². The van der Waals surface area contributed by atoms with Crippen molar-refractivity contribution in [2.75, 3.05) is 7.11 Å². The van der Waals surface area contributed by atoms with Crippen molar-refractivity contribution in [3.63, 3.8) is 0 Å². The number of hydrogen-bond acceptors (Lipinski definition) is 4. The molecule has 0 saturated heterocycles. The summed E-state index contributed by atoms with van der Waals surface area (Å²) >= 11 is 7.29. The van der Waals surface area contributed by atoms with Crippen molar-refractivity contribution in [3.05, 3.63) is 75.6 Å². The average molecular weight is 386 g/mol. The molecule has 6 heteroatoms. The number of carbonyl (C=O) groups is 2. The van der Waals surface area contributed by atoms with Gasteiger partial charge in [0.25, 0.3) is 0 Å². The van der Waals surface area contributed by atoms with E-state index in [1.807, 2.05) is 12.1 Å². The van der Waals surface area contributed by atoms with Crippen LogP contribution < -0.4 is 10.5 Å². The van der Waals surface area contributed by atoms with Crippen molar-refractivity contribution in [2.24, 2.45) is 5.73 Å². The first-order valence-corrected chi connectivity index (χ1v) is 9.03. The standard InChI is InChI=1S/C20H16ClNO3S/c1-25-16-8-4-12(5-9-16)19(24)17-10-14(11-18(22)23)20(26-17)13-2-6-15(21)7-3-13/h2-10H,11H2,1H3,(H2,22,23). The maximum absolute atomic E-state index is 12.8. The second-order valence-electron chi connectivity index (χ2n) is 5.67. The van der Waals surface area contributed by atoms with Gasteiger partial charge in [-0.2, -0.15) is 0 Å². The molecule has 1 aromatic heterocycles. The van der Waals surface area contributed by atoms with Gasteiger partial charge in [-0.15, -0.1) is 11.3 Å². The van der Waals surface area contributed by atoms with Crippen molar-refractivity contribution in [2.45, 2.75) is 6.42 Å². The van der Waals surface area contributed by atoms with Crippen LogP contribution in [-0.4, -0.2) is 18.8 Å². The van der Waals surface area contributed by atoms with Gasteiger partial charge in [-0.1, -0.05) is 23.7 Å². The molecule has 0 saturated carbocycles. The largest absolute Gasteiger partial charge is 0.497 e. The Labute approximate surface area is 160 Å². The Hall–Kier alpha value is -2.63. The van der Waals surface area contributed by atoms with Crippen molar-refractivity contribution in [1.82, 2.24) is 0 Å². The van der Waals surface area contributed by atoms with Gasteiger partial charge in [0.05, 0.1) is 18.4 Å². The van der Waals surface area contributed by atoms with Gasteiger partial charge in [0, 0.05) is 15.5 Å². The summed E-state index contributed by atoms with van der Waals surface area (Å²) < 4.78 is 5.12. The van der Waals surface area contributed by atoms with E-state index in [4.69, 9.17) is 22.1 Å². The van der Waals surface area contributed by atoms with Gasteiger partial charge in [0.15, 0.2) is 0 Å². The Balaban J connectivity index is 2.00. The third-order valence-corrected chi connectivity index (χ3v) is 5.33. The second kappa shape index (κ2) is 7.72. The molecule has 1 heterocycles. The fraction of sp³-hybridized carbons (Fsp3) is 0.100. The number of nitrogens with two attached hydrogens (primary N) is 1. The highest BCUT2D eigenvalue weighted by Crippen LogP contribution is 2.35. The minimum absolute atomic E-state index is 0.0738. The smallest absolute Gasteiger partial charge is 0.221 e. The van der Waals surface area contributed by atoms with E-state index < -0.39 is 5.91 Å². The molecule has 0 atom stereocenters. The number of hydrogen-bond donors (Lipinski definition) is 1. The Morgan fingerprint density at radius 1 is 1.08 bits per heavy atom. The van der Waals surface area contributed by atoms with Gasteiger partial charge < -0.3 is 10.5 Å². The zero-order chi connectivity index (χ0) is 18.7. The van der Waals surface area contributed by atoms with Crippen LogP contribution in [0.1, 0.15) is 20.8 Å². The summed E-state index contributed by atoms with van der Waals surface area (Å²) in [6.45, 7) is 0. The predicted octanol–water partition coefficient (Wildman–Crippen LogP) is 4.34. The lowest BCUT2D eigenvalue weighted by Gasteiger charge is -2.02. The summed E-state index contributed by atoms with van der Waals surface area (Å²) in [6, 6.07) is 15.9. The maximum Gasteiger partial charge on any atom is 0.221 e. The molecule has 0 aliphatic heterocycles. The van der Waals surface area contributed by atoms with Crippen LogP contribution in [0.2, 0.25) is 5.02 Å². The van der Waals surface area contributed by atoms with Crippen LogP contribution in [0.3, 0.4) is 0 Å². The Morgan fingerprint density at radius 2 is 1.73 bits per heavy atom. The number of ketones is 1. The zero-order valence-corrected chi connectivity index (χ0v) is 15.6. The molecule has 0 bridgehead atoms. The summed E-state index contributed by atoms with van der Waals surface area (Å²) in [5, 5.41) is 0.622. The lowest BCUT2D eigenvalue weighted by atomic mass is 10.0. The molecule has 1 amide bonds. The molecule has 4 nitrogen and oxygen atoms in total. The van der Waals surface area contributed by atoms with Crippen molar-refractivity contribution in [3.8, 4) is 16.2 Å². The Morgan fingerprint density at radius 3 is 2.31 bits per heavy atom. The van der Waals surface area contributed by atoms with Gasteiger partial charge in [-0.25, -0.2) is 0 Å². The minimum Gasteiger partial charge on any atom is -0.497 e. The number of amides is 1. The number of ether oxygens (including phenoxy) is 1. The molecule has 26 heavy (non-hydrogen) atoms. The first-order chi connectivity index (χ1) is 12.5. The van der Waals surface area contributed by atoms with E-state index in [0.29, 0.717) is 21.2 Å². The number of thiophene rings is 1. The molecule has 2 N–H and O–H groups in total. The number of halogens is 1. The second-order valence-corrected chi connectivity index (χ2v) is 7.16. The summed E-state index contributed by atoms with van der Waals surface area (Å²) in [6.07, 6.45) is 0.0738. The fourth-order valence-corrected chi connectivity index (χ4v) is 3.86. The lowest BCUT2D eigenvalue weighted by Crippen LogP contribution is -2.13. The fourth-order valence-electron chi connectivity index (χ4n) is 2.59. The predicted molar refractivity (Wildman–Crippen MR) is 104 cm³/mol. The van der Waals surface area contributed by atoms with E-state index in [9.17, 15) is 9.59 Å². The van der Waals surface area contributed by atoms with Crippen LogP contribution in [0.15, 0.2) is 54.6 Å². The van der Waals surface area contributed by atoms with Gasteiger partial charge in [0.2, 0.25) is 11.7 Å². The number of rotatable bonds is 6. The molecule has 0 unspecified atom stereocenters. The van der Waals surface area contributed by atoms with Crippen LogP contribution in [-0.2, 0) is 11.2 Å². The number of primary amides is 1. The third kappa shape index (κ3) is 3.95. The van der Waals surface area contributed by atoms with Crippen molar-refractivity contribution >= 4 is 34.6 Å². The van der Waals surface area contributed by atoms with Crippen LogP contribution in [0, 0.1) is 0 Å². The minimum atomic E-state index is -0.443. The van der Waals surface area contributed by atoms with Crippen LogP contribution in [0.4, 0.5) is 0 Å². The topological polar surface area (TPSA) is 69.4 Å². The normalized spacial score (nSPS) is 10.5. The van der Waals surface area contributed by atoms with Crippen LogP contribution in [0.5, 0.6) is 5.75 Å². The first kappa shape index (κ1) is 18.2. The highest BCUT2D eigenvalue weighted by atomic mass is 35.5. The monoisotopic (exact) mass is 385 g/mol. The number of carbonyl (C=O) groups excluding carboxylic acids is 2. The number of benzene rings is 2. The van der Waals surface area contributed by atoms with E-state index >= 15 is 0 Å².